The summed E-state index contributed by atoms with van der Waals surface area (Å²) in [5, 5.41) is 3.01. The number of pyridine rings is 2. The number of unbranched alkanes of at least 4 members (excludes halogenated alkanes) is 1. The zero-order valence-electron chi connectivity index (χ0n) is 23.0. The first-order valence-electron chi connectivity index (χ1n) is 14.7. The molecule has 0 spiro atoms. The molecular formula is C33H45N2+. The van der Waals surface area contributed by atoms with Crippen LogP contribution in [0.4, 0.5) is 0 Å². The number of aromatic nitrogens is 2. The molecule has 1 aromatic carbocycles. The first-order valence-corrected chi connectivity index (χ1v) is 14.7. The second kappa shape index (κ2) is 8.29. The zero-order chi connectivity index (χ0) is 24.5. The van der Waals surface area contributed by atoms with Crippen LogP contribution >= 0.6 is 0 Å². The molecule has 186 valence electrons. The average molecular weight is 470 g/mol. The van der Waals surface area contributed by atoms with E-state index in [4.69, 9.17) is 4.98 Å². The van der Waals surface area contributed by atoms with Crippen molar-refractivity contribution in [1.29, 1.82) is 0 Å². The van der Waals surface area contributed by atoms with E-state index in [-0.39, 0.29) is 11.0 Å². The molecule has 2 heteroatoms. The number of rotatable bonds is 5. The van der Waals surface area contributed by atoms with E-state index in [1.54, 1.807) is 16.5 Å². The van der Waals surface area contributed by atoms with Crippen molar-refractivity contribution in [3.8, 4) is 0 Å². The molecule has 35 heavy (non-hydrogen) atoms. The predicted molar refractivity (Wildman–Crippen MR) is 147 cm³/mol. The van der Waals surface area contributed by atoms with Crippen molar-refractivity contribution in [2.75, 3.05) is 0 Å². The van der Waals surface area contributed by atoms with Crippen LogP contribution in [-0.4, -0.2) is 4.98 Å². The summed E-state index contributed by atoms with van der Waals surface area (Å²) in [6, 6.07) is 4.89. The molecule has 0 N–H and O–H groups in total. The van der Waals surface area contributed by atoms with E-state index in [2.05, 4.69) is 70.6 Å². The Morgan fingerprint density at radius 2 is 1.83 bits per heavy atom. The standard InChI is InChI=1S/C33H45N2/c1-7-10-12-22-18-23-13-11-14-24(19-22)28-25-17-21(4)30-29-27(15-16-34-30)32(5,8-2)33(6,9-3)35(31(25)29)20-26(23)28/h15-17,20,22-24H,7-14,18-19H2,1-6H3/q+1. The van der Waals surface area contributed by atoms with Gasteiger partial charge >= 0.3 is 0 Å². The monoisotopic (exact) mass is 469 g/mol. The van der Waals surface area contributed by atoms with Gasteiger partial charge in [0, 0.05) is 25.1 Å². The predicted octanol–water partition coefficient (Wildman–Crippen LogP) is 8.74. The van der Waals surface area contributed by atoms with Crippen molar-refractivity contribution in [2.45, 2.75) is 129 Å². The Labute approximate surface area is 212 Å². The summed E-state index contributed by atoms with van der Waals surface area (Å²) in [4.78, 5) is 4.97. The molecular weight excluding hydrogens is 424 g/mol. The summed E-state index contributed by atoms with van der Waals surface area (Å²) in [6.45, 7) is 14.5. The zero-order valence-corrected chi connectivity index (χ0v) is 23.0. The Balaban J connectivity index is 1.73. The smallest absolute Gasteiger partial charge is 0.223 e. The number of nitrogens with zero attached hydrogens (tertiary/aromatic N) is 2. The lowest BCUT2D eigenvalue weighted by Gasteiger charge is -2.45. The minimum Gasteiger partial charge on any atom is -0.256 e. The van der Waals surface area contributed by atoms with Gasteiger partial charge in [-0.15, -0.1) is 0 Å². The van der Waals surface area contributed by atoms with Crippen molar-refractivity contribution in [3.05, 3.63) is 46.8 Å². The van der Waals surface area contributed by atoms with Crippen molar-refractivity contribution >= 4 is 21.8 Å². The highest BCUT2D eigenvalue weighted by Gasteiger charge is 2.56. The summed E-state index contributed by atoms with van der Waals surface area (Å²) >= 11 is 0. The molecule has 0 saturated heterocycles. The number of hydrogen-bond donors (Lipinski definition) is 0. The molecule has 2 aromatic heterocycles. The van der Waals surface area contributed by atoms with Gasteiger partial charge in [0.25, 0.3) is 0 Å². The normalized spacial score (nSPS) is 31.7. The Hall–Kier alpha value is -1.96. The van der Waals surface area contributed by atoms with E-state index in [9.17, 15) is 0 Å². The molecule has 1 aliphatic heterocycles. The van der Waals surface area contributed by atoms with Crippen molar-refractivity contribution < 1.29 is 4.57 Å². The van der Waals surface area contributed by atoms with E-state index in [0.717, 1.165) is 30.6 Å². The lowest BCUT2D eigenvalue weighted by molar-refractivity contribution is -0.751. The molecule has 0 radical (unpaired) electrons. The highest BCUT2D eigenvalue weighted by Crippen LogP contribution is 2.54. The van der Waals surface area contributed by atoms with Gasteiger partial charge in [-0.25, -0.2) is 0 Å². The van der Waals surface area contributed by atoms with Gasteiger partial charge in [-0.2, -0.15) is 4.57 Å². The SMILES string of the molecule is CCCCC1CC2CCCC(C1)c1c2c[n+]2c3c1cc(C)c1nccc(c13)C(C)(CC)C2(C)CC. The molecule has 5 atom stereocenters. The summed E-state index contributed by atoms with van der Waals surface area (Å²) in [6.07, 6.45) is 18.1. The molecule has 3 aliphatic rings. The fourth-order valence-electron chi connectivity index (χ4n) is 8.71. The van der Waals surface area contributed by atoms with E-state index < -0.39 is 0 Å². The number of aryl methyl sites for hydroxylation is 1. The van der Waals surface area contributed by atoms with Crippen molar-refractivity contribution in [1.82, 2.24) is 4.98 Å². The van der Waals surface area contributed by atoms with Crippen LogP contribution in [0.1, 0.15) is 133 Å². The van der Waals surface area contributed by atoms with Crippen LogP contribution in [0.2, 0.25) is 0 Å². The second-order valence-electron chi connectivity index (χ2n) is 12.7. The van der Waals surface area contributed by atoms with Crippen LogP contribution in [0.25, 0.3) is 21.8 Å². The lowest BCUT2D eigenvalue weighted by atomic mass is 9.61. The third-order valence-corrected chi connectivity index (χ3v) is 11.2. The van der Waals surface area contributed by atoms with Crippen LogP contribution in [-0.2, 0) is 11.0 Å². The number of hydrogen-bond acceptors (Lipinski definition) is 1. The van der Waals surface area contributed by atoms with Gasteiger partial charge in [-0.05, 0) is 92.5 Å². The van der Waals surface area contributed by atoms with Gasteiger partial charge in [0.2, 0.25) is 5.52 Å². The third kappa shape index (κ3) is 3.07. The van der Waals surface area contributed by atoms with Gasteiger partial charge < -0.3 is 0 Å². The molecule has 6 rings (SSSR count). The topological polar surface area (TPSA) is 16.8 Å². The minimum atomic E-state index is 0.0492. The summed E-state index contributed by atoms with van der Waals surface area (Å²) in [5.74, 6) is 2.34. The van der Waals surface area contributed by atoms with E-state index >= 15 is 0 Å². The Bertz CT molecular complexity index is 1310. The Kier molecular flexibility index (Phi) is 5.55. The van der Waals surface area contributed by atoms with Crippen LogP contribution in [0, 0.1) is 12.8 Å². The minimum absolute atomic E-state index is 0.0492. The van der Waals surface area contributed by atoms with Gasteiger partial charge in [-0.1, -0.05) is 46.5 Å². The van der Waals surface area contributed by atoms with E-state index in [1.165, 1.54) is 78.9 Å². The van der Waals surface area contributed by atoms with Gasteiger partial charge in [0.05, 0.1) is 21.7 Å². The molecule has 3 heterocycles. The van der Waals surface area contributed by atoms with Crippen LogP contribution in [0.15, 0.2) is 24.5 Å². The number of benzene rings is 1. The maximum absolute atomic E-state index is 4.97. The van der Waals surface area contributed by atoms with Gasteiger partial charge in [0.15, 0.2) is 11.7 Å². The molecule has 2 bridgehead atoms. The molecule has 0 saturated carbocycles. The highest BCUT2D eigenvalue weighted by atomic mass is 15.1. The van der Waals surface area contributed by atoms with Crippen LogP contribution in [0.3, 0.4) is 0 Å². The molecule has 5 unspecified atom stereocenters. The van der Waals surface area contributed by atoms with Crippen molar-refractivity contribution in [3.63, 3.8) is 0 Å². The molecule has 0 amide bonds. The first-order chi connectivity index (χ1) is 16.9. The average Bonchev–Trinajstić information content (AvgIpc) is 3.12. The lowest BCUT2D eigenvalue weighted by Crippen LogP contribution is -2.66. The van der Waals surface area contributed by atoms with Crippen molar-refractivity contribution in [2.24, 2.45) is 5.92 Å². The molecule has 0 fully saturated rings. The summed E-state index contributed by atoms with van der Waals surface area (Å²) < 4.78 is 2.78. The first kappa shape index (κ1) is 23.4. The summed E-state index contributed by atoms with van der Waals surface area (Å²) in [7, 11) is 0. The Morgan fingerprint density at radius 3 is 2.57 bits per heavy atom. The second-order valence-corrected chi connectivity index (χ2v) is 12.7. The van der Waals surface area contributed by atoms with Gasteiger partial charge in [0.1, 0.15) is 0 Å². The van der Waals surface area contributed by atoms with Crippen LogP contribution < -0.4 is 4.57 Å². The van der Waals surface area contributed by atoms with E-state index in [0.29, 0.717) is 0 Å². The molecule has 2 nitrogen and oxygen atoms in total. The maximum atomic E-state index is 4.97. The highest BCUT2D eigenvalue weighted by molar-refractivity contribution is 6.07. The van der Waals surface area contributed by atoms with E-state index in [1.807, 2.05) is 0 Å². The fourth-order valence-corrected chi connectivity index (χ4v) is 8.71. The largest absolute Gasteiger partial charge is 0.256 e. The van der Waals surface area contributed by atoms with Crippen LogP contribution in [0.5, 0.6) is 0 Å². The summed E-state index contributed by atoms with van der Waals surface area (Å²) in [5.41, 5.74) is 9.17. The molecule has 2 aliphatic carbocycles. The maximum Gasteiger partial charge on any atom is 0.223 e. The molecule has 3 aromatic rings. The fraction of sp³-hybridized carbons (Fsp3) is 0.636. The Morgan fingerprint density at radius 1 is 1.06 bits per heavy atom. The third-order valence-electron chi connectivity index (χ3n) is 11.2. The quantitative estimate of drug-likeness (QED) is 0.269. The van der Waals surface area contributed by atoms with Gasteiger partial charge in [-0.3, -0.25) is 4.98 Å².